The average molecular weight is 520 g/mol. The zero-order chi connectivity index (χ0) is 25.5. The van der Waals surface area contributed by atoms with E-state index >= 15 is 0 Å². The molecule has 1 aliphatic rings. The monoisotopic (exact) mass is 519 g/mol. The van der Waals surface area contributed by atoms with E-state index in [2.05, 4.69) is 10.1 Å². The van der Waals surface area contributed by atoms with Crippen LogP contribution in [0.2, 0.25) is 23.3 Å². The zero-order valence-electron chi connectivity index (χ0n) is 19.7. The molecule has 188 valence electrons. The van der Waals surface area contributed by atoms with Crippen LogP contribution in [-0.4, -0.2) is 52.5 Å². The van der Waals surface area contributed by atoms with Gasteiger partial charge in [0.1, 0.15) is 5.15 Å². The number of aromatic nitrogens is 3. The molecule has 1 N–H and O–H groups in total. The van der Waals surface area contributed by atoms with Gasteiger partial charge in [0.15, 0.2) is 14.1 Å². The fraction of sp³-hybridized carbons (Fsp3) is 0.591. The Morgan fingerprint density at radius 2 is 1.97 bits per heavy atom. The van der Waals surface area contributed by atoms with Crippen molar-refractivity contribution in [2.24, 2.45) is 5.92 Å². The predicted molar refractivity (Wildman–Crippen MR) is 123 cm³/mol. The Morgan fingerprint density at radius 1 is 1.29 bits per heavy atom. The van der Waals surface area contributed by atoms with Gasteiger partial charge in [-0.05, 0) is 49.5 Å². The van der Waals surface area contributed by atoms with Crippen LogP contribution in [0.1, 0.15) is 50.4 Å². The summed E-state index contributed by atoms with van der Waals surface area (Å²) in [4.78, 5) is 15.1. The normalized spacial score (nSPS) is 20.9. The average Bonchev–Trinajstić information content (AvgIpc) is 3.20. The van der Waals surface area contributed by atoms with E-state index in [1.807, 2.05) is 33.9 Å². The lowest BCUT2D eigenvalue weighted by Gasteiger charge is -2.40. The smallest absolute Gasteiger partial charge is 0.394 e. The Balaban J connectivity index is 1.60. The second kappa shape index (κ2) is 9.16. The van der Waals surface area contributed by atoms with E-state index in [4.69, 9.17) is 25.9 Å². The number of carbonyl (C=O) groups is 1. The van der Waals surface area contributed by atoms with E-state index in [1.54, 1.807) is 12.3 Å². The molecule has 0 aromatic carbocycles. The lowest BCUT2D eigenvalue weighted by Crippen LogP contribution is -2.46. The van der Waals surface area contributed by atoms with Crippen molar-refractivity contribution in [1.82, 2.24) is 14.8 Å². The number of pyridine rings is 1. The van der Waals surface area contributed by atoms with Crippen molar-refractivity contribution in [1.29, 1.82) is 0 Å². The Labute approximate surface area is 202 Å². The topological polar surface area (TPSA) is 86.5 Å². The molecule has 0 amide bonds. The molecule has 0 saturated heterocycles. The first-order chi connectivity index (χ1) is 15.6. The highest BCUT2D eigenvalue weighted by Gasteiger charge is 2.69. The SMILES string of the molecule is CC(C)(C)[Si](C)(C)OC1(CCCOc2ccn(-c3ccc(C(=O)O)c(Cl)n3)n2)CC1C(F)(F)F. The number of halogens is 4. The summed E-state index contributed by atoms with van der Waals surface area (Å²) in [5.41, 5.74) is -1.31. The van der Waals surface area contributed by atoms with Crippen LogP contribution >= 0.6 is 11.6 Å². The molecule has 7 nitrogen and oxygen atoms in total. The molecule has 0 aliphatic heterocycles. The summed E-state index contributed by atoms with van der Waals surface area (Å²) < 4.78 is 53.7. The van der Waals surface area contributed by atoms with Crippen LogP contribution < -0.4 is 4.74 Å². The van der Waals surface area contributed by atoms with Crippen LogP contribution in [0.5, 0.6) is 5.88 Å². The number of hydrogen-bond donors (Lipinski definition) is 1. The van der Waals surface area contributed by atoms with Gasteiger partial charge in [-0.2, -0.15) is 13.2 Å². The van der Waals surface area contributed by atoms with Crippen molar-refractivity contribution < 1.29 is 32.2 Å². The van der Waals surface area contributed by atoms with Gasteiger partial charge in [-0.1, -0.05) is 32.4 Å². The first-order valence-electron chi connectivity index (χ1n) is 10.9. The third-order valence-corrected chi connectivity index (χ3v) is 11.4. The number of carboxylic acids is 1. The predicted octanol–water partition coefficient (Wildman–Crippen LogP) is 6.12. The Morgan fingerprint density at radius 3 is 2.50 bits per heavy atom. The van der Waals surface area contributed by atoms with Crippen molar-refractivity contribution >= 4 is 25.9 Å². The van der Waals surface area contributed by atoms with Crippen LogP contribution in [-0.2, 0) is 4.43 Å². The van der Waals surface area contributed by atoms with Crippen molar-refractivity contribution in [2.75, 3.05) is 6.61 Å². The van der Waals surface area contributed by atoms with E-state index in [0.29, 0.717) is 12.2 Å². The van der Waals surface area contributed by atoms with Crippen LogP contribution in [0.4, 0.5) is 13.2 Å². The van der Waals surface area contributed by atoms with Crippen LogP contribution in [0.25, 0.3) is 5.82 Å². The molecule has 2 atom stereocenters. The molecule has 1 aliphatic carbocycles. The number of aromatic carboxylic acids is 1. The van der Waals surface area contributed by atoms with E-state index in [-0.39, 0.29) is 41.1 Å². The van der Waals surface area contributed by atoms with E-state index in [0.717, 1.165) is 0 Å². The first kappa shape index (κ1) is 26.5. The summed E-state index contributed by atoms with van der Waals surface area (Å²) in [5.74, 6) is -2.06. The number of ether oxygens (including phenoxy) is 1. The minimum Gasteiger partial charge on any atom is -0.478 e. The third-order valence-electron chi connectivity index (χ3n) is 6.54. The number of carboxylic acid groups (broad SMARTS) is 1. The van der Waals surface area contributed by atoms with Gasteiger partial charge in [-0.15, -0.1) is 5.10 Å². The molecule has 1 fully saturated rings. The molecular formula is C22H29ClF3N3O4Si. The van der Waals surface area contributed by atoms with E-state index in [1.165, 1.54) is 16.8 Å². The second-order valence-electron chi connectivity index (χ2n) is 10.1. The first-order valence-corrected chi connectivity index (χ1v) is 14.2. The van der Waals surface area contributed by atoms with Crippen molar-refractivity contribution in [3.05, 3.63) is 35.1 Å². The summed E-state index contributed by atoms with van der Waals surface area (Å²) in [6.07, 6.45) is -2.11. The molecule has 2 aromatic rings. The number of hydrogen-bond acceptors (Lipinski definition) is 5. The van der Waals surface area contributed by atoms with Gasteiger partial charge in [0, 0.05) is 12.3 Å². The summed E-state index contributed by atoms with van der Waals surface area (Å²) >= 11 is 5.90. The second-order valence-corrected chi connectivity index (χ2v) is 15.2. The highest BCUT2D eigenvalue weighted by molar-refractivity contribution is 6.74. The quantitative estimate of drug-likeness (QED) is 0.244. The largest absolute Gasteiger partial charge is 0.478 e. The van der Waals surface area contributed by atoms with Gasteiger partial charge in [0.25, 0.3) is 0 Å². The maximum absolute atomic E-state index is 13.5. The Kier molecular flexibility index (Phi) is 7.14. The summed E-state index contributed by atoms with van der Waals surface area (Å²) in [6, 6.07) is 4.36. The minimum absolute atomic E-state index is 0.0175. The van der Waals surface area contributed by atoms with Crippen LogP contribution in [0.3, 0.4) is 0 Å². The standard InChI is InChI=1S/C22H29ClF3N3O4Si/c1-20(2,3)34(4,5)33-21(13-15(21)22(24,25)26)10-6-12-32-17-9-11-29(28-17)16-8-7-14(19(30)31)18(23)27-16/h7-9,11,15H,6,10,12-13H2,1-5H3,(H,30,31). The molecule has 3 rings (SSSR count). The van der Waals surface area contributed by atoms with Crippen molar-refractivity contribution in [3.8, 4) is 11.7 Å². The van der Waals surface area contributed by atoms with Gasteiger partial charge in [0.2, 0.25) is 5.88 Å². The molecule has 1 saturated carbocycles. The molecule has 12 heteroatoms. The molecule has 2 unspecified atom stereocenters. The maximum Gasteiger partial charge on any atom is 0.394 e. The third kappa shape index (κ3) is 5.74. The van der Waals surface area contributed by atoms with E-state index < -0.39 is 32.0 Å². The molecule has 34 heavy (non-hydrogen) atoms. The number of alkyl halides is 3. The number of nitrogens with zero attached hydrogens (tertiary/aromatic N) is 3. The lowest BCUT2D eigenvalue weighted by atomic mass is 10.1. The summed E-state index contributed by atoms with van der Waals surface area (Å²) in [6.45, 7) is 10.1. The molecule has 0 radical (unpaired) electrons. The molecule has 0 bridgehead atoms. The lowest BCUT2D eigenvalue weighted by molar-refractivity contribution is -0.162. The van der Waals surface area contributed by atoms with Gasteiger partial charge in [0.05, 0.1) is 23.7 Å². The molecule has 2 heterocycles. The Bertz CT molecular complexity index is 1050. The van der Waals surface area contributed by atoms with Gasteiger partial charge >= 0.3 is 12.1 Å². The highest BCUT2D eigenvalue weighted by atomic mass is 35.5. The van der Waals surface area contributed by atoms with Crippen molar-refractivity contribution in [2.45, 2.75) is 69.9 Å². The zero-order valence-corrected chi connectivity index (χ0v) is 21.5. The fourth-order valence-corrected chi connectivity index (χ4v) is 5.45. The van der Waals surface area contributed by atoms with Crippen LogP contribution in [0, 0.1) is 5.92 Å². The Hall–Kier alpha value is -2.11. The van der Waals surface area contributed by atoms with Gasteiger partial charge < -0.3 is 14.3 Å². The molecule has 0 spiro atoms. The van der Waals surface area contributed by atoms with Crippen LogP contribution in [0.15, 0.2) is 24.4 Å². The summed E-state index contributed by atoms with van der Waals surface area (Å²) in [7, 11) is -2.38. The van der Waals surface area contributed by atoms with E-state index in [9.17, 15) is 18.0 Å². The molecular weight excluding hydrogens is 491 g/mol. The molecule has 2 aromatic heterocycles. The highest BCUT2D eigenvalue weighted by Crippen LogP contribution is 2.60. The van der Waals surface area contributed by atoms with Gasteiger partial charge in [-0.3, -0.25) is 0 Å². The maximum atomic E-state index is 13.5. The summed E-state index contributed by atoms with van der Waals surface area (Å²) in [5, 5.41) is 12.9. The minimum atomic E-state index is -4.29. The number of rotatable bonds is 9. The fourth-order valence-electron chi connectivity index (χ4n) is 3.57. The van der Waals surface area contributed by atoms with Gasteiger partial charge in [-0.25, -0.2) is 14.5 Å². The van der Waals surface area contributed by atoms with Crippen molar-refractivity contribution in [3.63, 3.8) is 0 Å².